The normalized spacial score (nSPS) is 26.8. The summed E-state index contributed by atoms with van der Waals surface area (Å²) in [5.41, 5.74) is -1.30. The summed E-state index contributed by atoms with van der Waals surface area (Å²) < 4.78 is 0. The minimum absolute atomic E-state index is 0.123. The number of aliphatic hydroxyl groups is 1. The second-order valence-electron chi connectivity index (χ2n) is 6.21. The Kier molecular flexibility index (Phi) is 4.68. The first-order chi connectivity index (χ1) is 9.86. The topological polar surface area (TPSA) is 81.1 Å². The van der Waals surface area contributed by atoms with Crippen molar-refractivity contribution in [1.82, 2.24) is 9.80 Å². The Morgan fingerprint density at radius 1 is 1.33 bits per heavy atom. The molecule has 1 fully saturated rings. The molecule has 0 spiro atoms. The Balaban J connectivity index is 2.03. The van der Waals surface area contributed by atoms with Gasteiger partial charge >= 0.3 is 5.97 Å². The second-order valence-corrected chi connectivity index (χ2v) is 6.21. The van der Waals surface area contributed by atoms with Crippen LogP contribution >= 0.6 is 0 Å². The van der Waals surface area contributed by atoms with Crippen molar-refractivity contribution in [1.29, 1.82) is 0 Å². The van der Waals surface area contributed by atoms with Crippen molar-refractivity contribution in [2.45, 2.75) is 38.8 Å². The van der Waals surface area contributed by atoms with Gasteiger partial charge in [0, 0.05) is 32.2 Å². The van der Waals surface area contributed by atoms with Crippen molar-refractivity contribution in [2.24, 2.45) is 5.41 Å². The van der Waals surface area contributed by atoms with Crippen LogP contribution in [0.5, 0.6) is 0 Å². The van der Waals surface area contributed by atoms with E-state index in [-0.39, 0.29) is 24.8 Å². The van der Waals surface area contributed by atoms with Crippen LogP contribution < -0.4 is 0 Å². The molecular formula is C15H24N2O4. The van der Waals surface area contributed by atoms with E-state index < -0.39 is 17.5 Å². The Labute approximate surface area is 125 Å². The molecule has 2 N–H and O–H groups in total. The highest BCUT2D eigenvalue weighted by Gasteiger charge is 2.49. The van der Waals surface area contributed by atoms with Gasteiger partial charge in [-0.25, -0.2) is 0 Å². The predicted molar refractivity (Wildman–Crippen MR) is 77.7 cm³/mol. The molecule has 0 radical (unpaired) electrons. The average molecular weight is 296 g/mol. The van der Waals surface area contributed by atoms with E-state index in [1.807, 2.05) is 6.92 Å². The highest BCUT2D eigenvalue weighted by Crippen LogP contribution is 2.36. The zero-order valence-electron chi connectivity index (χ0n) is 12.7. The molecule has 0 saturated carbocycles. The number of allylic oxidation sites excluding steroid dienone is 2. The van der Waals surface area contributed by atoms with E-state index in [2.05, 4.69) is 4.90 Å². The number of hydrogen-bond acceptors (Lipinski definition) is 4. The van der Waals surface area contributed by atoms with Crippen molar-refractivity contribution < 1.29 is 19.8 Å². The number of aliphatic carboxylic acids is 1. The Morgan fingerprint density at radius 3 is 2.43 bits per heavy atom. The van der Waals surface area contributed by atoms with E-state index >= 15 is 0 Å². The Bertz CT molecular complexity index is 439. The number of piperazine rings is 1. The molecule has 0 aromatic rings. The molecule has 6 heteroatoms. The lowest BCUT2D eigenvalue weighted by atomic mass is 9.83. The Morgan fingerprint density at radius 2 is 1.95 bits per heavy atom. The first-order valence-corrected chi connectivity index (χ1v) is 7.46. The van der Waals surface area contributed by atoms with E-state index in [9.17, 15) is 19.8 Å². The van der Waals surface area contributed by atoms with Crippen LogP contribution in [0.1, 0.15) is 26.7 Å². The number of carboxylic acids is 1. The molecule has 0 aromatic carbocycles. The van der Waals surface area contributed by atoms with Gasteiger partial charge in [-0.2, -0.15) is 0 Å². The summed E-state index contributed by atoms with van der Waals surface area (Å²) in [7, 11) is 0. The van der Waals surface area contributed by atoms with Crippen molar-refractivity contribution >= 4 is 11.9 Å². The Hall–Kier alpha value is -1.40. The molecule has 21 heavy (non-hydrogen) atoms. The molecule has 118 valence electrons. The van der Waals surface area contributed by atoms with Gasteiger partial charge in [-0.05, 0) is 26.7 Å². The lowest BCUT2D eigenvalue weighted by Crippen LogP contribution is -2.58. The van der Waals surface area contributed by atoms with Gasteiger partial charge < -0.3 is 15.1 Å². The van der Waals surface area contributed by atoms with Crippen LogP contribution in [0.3, 0.4) is 0 Å². The smallest absolute Gasteiger partial charge is 0.319 e. The molecule has 1 aliphatic carbocycles. The molecule has 1 heterocycles. The first-order valence-electron chi connectivity index (χ1n) is 7.46. The molecule has 2 unspecified atom stereocenters. The summed E-state index contributed by atoms with van der Waals surface area (Å²) in [5.74, 6) is -1.31. The highest BCUT2D eigenvalue weighted by atomic mass is 16.4. The minimum Gasteiger partial charge on any atom is -0.480 e. The molecule has 1 saturated heterocycles. The fourth-order valence-electron chi connectivity index (χ4n) is 3.19. The summed E-state index contributed by atoms with van der Waals surface area (Å²) in [6.07, 6.45) is 3.71. The quantitative estimate of drug-likeness (QED) is 0.577. The largest absolute Gasteiger partial charge is 0.480 e. The fourth-order valence-corrected chi connectivity index (χ4v) is 3.19. The molecule has 2 atom stereocenters. The predicted octanol–water partition coefficient (Wildman–Crippen LogP) is 0.321. The van der Waals surface area contributed by atoms with Crippen molar-refractivity contribution in [3.05, 3.63) is 12.2 Å². The van der Waals surface area contributed by atoms with Crippen LogP contribution in [-0.4, -0.2) is 70.2 Å². The minimum atomic E-state index is -1.30. The van der Waals surface area contributed by atoms with Gasteiger partial charge in [-0.3, -0.25) is 14.5 Å². The monoisotopic (exact) mass is 296 g/mol. The standard InChI is InChI=1S/C15H24N2O4/c1-11-9-17(8-7-16(11)10-12(2)18)13(19)15(14(20)21)5-3-4-6-15/h3-4,11-12,18H,5-10H2,1-2H3,(H,20,21). The van der Waals surface area contributed by atoms with E-state index in [1.54, 1.807) is 24.0 Å². The van der Waals surface area contributed by atoms with E-state index in [0.29, 0.717) is 26.2 Å². The number of aliphatic hydroxyl groups excluding tert-OH is 1. The number of β-amino-alcohol motifs (C(OH)–C–C–N with tert-alkyl or cyclic N) is 1. The molecular weight excluding hydrogens is 272 g/mol. The van der Waals surface area contributed by atoms with E-state index in [1.165, 1.54) is 0 Å². The van der Waals surface area contributed by atoms with E-state index in [4.69, 9.17) is 0 Å². The number of hydrogen-bond donors (Lipinski definition) is 2. The molecule has 1 amide bonds. The van der Waals surface area contributed by atoms with Crippen molar-refractivity contribution in [3.8, 4) is 0 Å². The lowest BCUT2D eigenvalue weighted by molar-refractivity contribution is -0.161. The second kappa shape index (κ2) is 6.15. The number of rotatable bonds is 4. The number of carbonyl (C=O) groups is 2. The molecule has 0 bridgehead atoms. The zero-order chi connectivity index (χ0) is 15.6. The number of amides is 1. The first kappa shape index (κ1) is 16.0. The molecule has 2 rings (SSSR count). The maximum Gasteiger partial charge on any atom is 0.319 e. The number of carbonyl (C=O) groups excluding carboxylic acids is 1. The number of nitrogens with zero attached hydrogens (tertiary/aromatic N) is 2. The summed E-state index contributed by atoms with van der Waals surface area (Å²) in [6, 6.07) is 0.123. The fraction of sp³-hybridized carbons (Fsp3) is 0.733. The van der Waals surface area contributed by atoms with Crippen LogP contribution in [-0.2, 0) is 9.59 Å². The SMILES string of the molecule is CC(O)CN1CCN(C(=O)C2(C(=O)O)CC=CC2)CC1C. The third kappa shape index (κ3) is 3.11. The molecule has 0 aromatic heterocycles. The van der Waals surface area contributed by atoms with Gasteiger partial charge in [0.05, 0.1) is 6.10 Å². The maximum atomic E-state index is 12.7. The summed E-state index contributed by atoms with van der Waals surface area (Å²) in [4.78, 5) is 28.0. The third-order valence-corrected chi connectivity index (χ3v) is 4.47. The maximum absolute atomic E-state index is 12.7. The zero-order valence-corrected chi connectivity index (χ0v) is 12.7. The van der Waals surface area contributed by atoms with Crippen LogP contribution in [0, 0.1) is 5.41 Å². The third-order valence-electron chi connectivity index (χ3n) is 4.47. The van der Waals surface area contributed by atoms with Crippen molar-refractivity contribution in [2.75, 3.05) is 26.2 Å². The van der Waals surface area contributed by atoms with Crippen LogP contribution in [0.4, 0.5) is 0 Å². The summed E-state index contributed by atoms with van der Waals surface area (Å²) in [5, 5.41) is 18.9. The van der Waals surface area contributed by atoms with Gasteiger partial charge in [0.1, 0.15) is 0 Å². The van der Waals surface area contributed by atoms with Gasteiger partial charge in [-0.1, -0.05) is 12.2 Å². The molecule has 1 aliphatic heterocycles. The average Bonchev–Trinajstić information content (AvgIpc) is 2.90. The van der Waals surface area contributed by atoms with E-state index in [0.717, 1.165) is 0 Å². The van der Waals surface area contributed by atoms with Crippen molar-refractivity contribution in [3.63, 3.8) is 0 Å². The van der Waals surface area contributed by atoms with Crippen LogP contribution in [0.2, 0.25) is 0 Å². The van der Waals surface area contributed by atoms with Gasteiger partial charge in [0.15, 0.2) is 5.41 Å². The number of carboxylic acid groups (broad SMARTS) is 1. The van der Waals surface area contributed by atoms with Gasteiger partial charge in [-0.15, -0.1) is 0 Å². The molecule has 2 aliphatic rings. The lowest BCUT2D eigenvalue weighted by Gasteiger charge is -2.42. The van der Waals surface area contributed by atoms with Gasteiger partial charge in [0.2, 0.25) is 5.91 Å². The van der Waals surface area contributed by atoms with Gasteiger partial charge in [0.25, 0.3) is 0 Å². The van der Waals surface area contributed by atoms with Crippen LogP contribution in [0.15, 0.2) is 12.2 Å². The summed E-state index contributed by atoms with van der Waals surface area (Å²) >= 11 is 0. The highest BCUT2D eigenvalue weighted by molar-refractivity contribution is 6.02. The summed E-state index contributed by atoms with van der Waals surface area (Å²) in [6.45, 7) is 6.03. The molecule has 6 nitrogen and oxygen atoms in total. The van der Waals surface area contributed by atoms with Crippen LogP contribution in [0.25, 0.3) is 0 Å².